The summed E-state index contributed by atoms with van der Waals surface area (Å²) in [5, 5.41) is 18.3. The third-order valence-corrected chi connectivity index (χ3v) is 5.39. The van der Waals surface area contributed by atoms with Crippen LogP contribution in [0.2, 0.25) is 0 Å². The fraction of sp³-hybridized carbons (Fsp3) is 0.381. The monoisotopic (exact) mass is 379 g/mol. The topological polar surface area (TPSA) is 83.3 Å². The van der Waals surface area contributed by atoms with Gasteiger partial charge in [0.1, 0.15) is 5.82 Å². The number of carbonyl (C=O) groups excluding carboxylic acids is 1. The van der Waals surface area contributed by atoms with Gasteiger partial charge in [-0.05, 0) is 49.0 Å². The number of amides is 1. The van der Waals surface area contributed by atoms with Crippen molar-refractivity contribution in [3.05, 3.63) is 42.9 Å². The number of aliphatic hydroxyl groups excluding tert-OH is 1. The number of fused-ring (bicyclic) bond motifs is 1. The second kappa shape index (κ2) is 8.08. The van der Waals surface area contributed by atoms with Crippen LogP contribution >= 0.6 is 0 Å². The van der Waals surface area contributed by atoms with Crippen molar-refractivity contribution in [2.24, 2.45) is 13.0 Å². The van der Waals surface area contributed by atoms with Gasteiger partial charge in [-0.2, -0.15) is 5.10 Å². The van der Waals surface area contributed by atoms with Crippen LogP contribution in [0.3, 0.4) is 0 Å². The summed E-state index contributed by atoms with van der Waals surface area (Å²) < 4.78 is 1.78. The summed E-state index contributed by atoms with van der Waals surface area (Å²) in [5.41, 5.74) is 2.14. The second-order valence-electron chi connectivity index (χ2n) is 7.36. The van der Waals surface area contributed by atoms with Gasteiger partial charge in [-0.3, -0.25) is 9.48 Å². The van der Waals surface area contributed by atoms with Crippen LogP contribution in [0.5, 0.6) is 0 Å². The minimum Gasteiger partial charge on any atom is -0.395 e. The molecular weight excluding hydrogens is 354 g/mol. The Balaban J connectivity index is 1.47. The molecule has 0 atom stereocenters. The van der Waals surface area contributed by atoms with Crippen molar-refractivity contribution in [2.75, 3.05) is 31.6 Å². The molecule has 1 amide bonds. The second-order valence-corrected chi connectivity index (χ2v) is 7.36. The van der Waals surface area contributed by atoms with Crippen molar-refractivity contribution in [1.82, 2.24) is 19.7 Å². The molecule has 0 unspecified atom stereocenters. The largest absolute Gasteiger partial charge is 0.395 e. The van der Waals surface area contributed by atoms with Crippen molar-refractivity contribution in [3.63, 3.8) is 0 Å². The fourth-order valence-corrected chi connectivity index (χ4v) is 3.75. The molecule has 0 aliphatic carbocycles. The van der Waals surface area contributed by atoms with Gasteiger partial charge in [-0.15, -0.1) is 0 Å². The van der Waals surface area contributed by atoms with Crippen LogP contribution in [0.1, 0.15) is 12.8 Å². The Kier molecular flexibility index (Phi) is 5.36. The zero-order chi connectivity index (χ0) is 19.5. The zero-order valence-corrected chi connectivity index (χ0v) is 16.0. The number of nitrogens with zero attached hydrogens (tertiary/aromatic N) is 4. The lowest BCUT2D eigenvalue weighted by molar-refractivity contribution is -0.121. The maximum absolute atomic E-state index is 12.6. The van der Waals surface area contributed by atoms with E-state index in [0.29, 0.717) is 12.4 Å². The summed E-state index contributed by atoms with van der Waals surface area (Å²) >= 11 is 0. The molecular formula is C21H25N5O2. The highest BCUT2D eigenvalue weighted by atomic mass is 16.3. The van der Waals surface area contributed by atoms with E-state index in [1.54, 1.807) is 10.9 Å². The van der Waals surface area contributed by atoms with Gasteiger partial charge in [-0.25, -0.2) is 4.98 Å². The molecule has 0 saturated carbocycles. The van der Waals surface area contributed by atoms with E-state index >= 15 is 0 Å². The normalized spacial score (nSPS) is 15.8. The van der Waals surface area contributed by atoms with E-state index in [-0.39, 0.29) is 18.4 Å². The van der Waals surface area contributed by atoms with Crippen LogP contribution in [0, 0.1) is 5.92 Å². The summed E-state index contributed by atoms with van der Waals surface area (Å²) in [7, 11) is 1.90. The molecule has 3 heterocycles. The number of aryl methyl sites for hydroxylation is 1. The lowest BCUT2D eigenvalue weighted by Gasteiger charge is -2.30. The Labute approximate surface area is 164 Å². The predicted octanol–water partition coefficient (Wildman–Crippen LogP) is 2.28. The number of aromatic nitrogens is 3. The first kappa shape index (κ1) is 18.6. The number of rotatable bonds is 5. The highest BCUT2D eigenvalue weighted by Crippen LogP contribution is 2.26. The summed E-state index contributed by atoms with van der Waals surface area (Å²) in [6, 6.07) is 8.11. The third-order valence-electron chi connectivity index (χ3n) is 5.39. The van der Waals surface area contributed by atoms with E-state index in [4.69, 9.17) is 5.11 Å². The smallest absolute Gasteiger partial charge is 0.228 e. The van der Waals surface area contributed by atoms with Crippen molar-refractivity contribution in [3.8, 4) is 11.1 Å². The molecule has 1 aromatic carbocycles. The molecule has 4 rings (SSSR count). The Hall–Kier alpha value is -2.77. The maximum Gasteiger partial charge on any atom is 0.228 e. The molecule has 1 saturated heterocycles. The van der Waals surface area contributed by atoms with Gasteiger partial charge in [0.15, 0.2) is 0 Å². The number of hydrogen-bond donors (Lipinski definition) is 2. The van der Waals surface area contributed by atoms with E-state index in [1.165, 1.54) is 0 Å². The number of benzene rings is 1. The average Bonchev–Trinajstić information content (AvgIpc) is 3.14. The first-order valence-corrected chi connectivity index (χ1v) is 9.65. The lowest BCUT2D eigenvalue weighted by atomic mass is 9.96. The summed E-state index contributed by atoms with van der Waals surface area (Å²) in [5.74, 6) is 0.603. The van der Waals surface area contributed by atoms with Crippen molar-refractivity contribution < 1.29 is 9.90 Å². The Morgan fingerprint density at radius 3 is 2.71 bits per heavy atom. The molecule has 28 heavy (non-hydrogen) atoms. The Morgan fingerprint density at radius 2 is 2.00 bits per heavy atom. The molecule has 0 spiro atoms. The van der Waals surface area contributed by atoms with Crippen LogP contribution in [0.4, 0.5) is 5.82 Å². The van der Waals surface area contributed by atoms with E-state index in [0.717, 1.165) is 47.8 Å². The van der Waals surface area contributed by atoms with Gasteiger partial charge in [0, 0.05) is 42.9 Å². The van der Waals surface area contributed by atoms with Crippen LogP contribution in [-0.4, -0.2) is 56.9 Å². The van der Waals surface area contributed by atoms with E-state index in [2.05, 4.69) is 32.4 Å². The first-order valence-electron chi connectivity index (χ1n) is 9.65. The number of β-amino-alcohol motifs (C(OH)–C–C–N with tert-alkyl or cyclic N) is 1. The van der Waals surface area contributed by atoms with E-state index < -0.39 is 0 Å². The zero-order valence-electron chi connectivity index (χ0n) is 16.0. The SMILES string of the molecule is Cn1cc(-c2ccc3cnc(NC(=O)C4CCN(CCO)CC4)cc3c2)cn1. The van der Waals surface area contributed by atoms with Gasteiger partial charge in [0.05, 0.1) is 12.8 Å². The number of aliphatic hydroxyl groups is 1. The molecule has 1 aliphatic rings. The molecule has 1 aliphatic heterocycles. The maximum atomic E-state index is 12.6. The summed E-state index contributed by atoms with van der Waals surface area (Å²) in [4.78, 5) is 19.2. The standard InChI is InChI=1S/C21H25N5O2/c1-25-14-19(13-23-25)16-2-3-17-12-22-20(11-18(17)10-16)24-21(28)15-4-6-26(7-5-15)8-9-27/h2-3,10-15,27H,4-9H2,1H3,(H,22,24,28). The van der Waals surface area contributed by atoms with E-state index in [1.807, 2.05) is 31.6 Å². The summed E-state index contributed by atoms with van der Waals surface area (Å²) in [6.45, 7) is 2.54. The van der Waals surface area contributed by atoms with Gasteiger partial charge < -0.3 is 15.3 Å². The van der Waals surface area contributed by atoms with Crippen molar-refractivity contribution in [2.45, 2.75) is 12.8 Å². The minimum atomic E-state index is -0.00540. The van der Waals surface area contributed by atoms with Gasteiger partial charge in [0.25, 0.3) is 0 Å². The number of anilines is 1. The van der Waals surface area contributed by atoms with Crippen LogP contribution < -0.4 is 5.32 Å². The number of pyridine rings is 1. The third kappa shape index (κ3) is 4.05. The minimum absolute atomic E-state index is 0.00540. The van der Waals surface area contributed by atoms with Gasteiger partial charge >= 0.3 is 0 Å². The molecule has 0 radical (unpaired) electrons. The molecule has 7 heteroatoms. The fourth-order valence-electron chi connectivity index (χ4n) is 3.75. The molecule has 7 nitrogen and oxygen atoms in total. The number of likely N-dealkylation sites (tertiary alicyclic amines) is 1. The van der Waals surface area contributed by atoms with Crippen LogP contribution in [-0.2, 0) is 11.8 Å². The summed E-state index contributed by atoms with van der Waals surface area (Å²) in [6.07, 6.45) is 7.24. The van der Waals surface area contributed by atoms with Crippen LogP contribution in [0.15, 0.2) is 42.9 Å². The lowest BCUT2D eigenvalue weighted by Crippen LogP contribution is -2.39. The molecule has 0 bridgehead atoms. The molecule has 1 fully saturated rings. The van der Waals surface area contributed by atoms with Gasteiger partial charge in [-0.1, -0.05) is 12.1 Å². The number of nitrogens with one attached hydrogen (secondary N) is 1. The van der Waals surface area contributed by atoms with Crippen LogP contribution in [0.25, 0.3) is 21.9 Å². The number of piperidine rings is 1. The molecule has 2 N–H and O–H groups in total. The van der Waals surface area contributed by atoms with Crippen molar-refractivity contribution in [1.29, 1.82) is 0 Å². The Bertz CT molecular complexity index is 976. The van der Waals surface area contributed by atoms with Gasteiger partial charge in [0.2, 0.25) is 5.91 Å². The number of hydrogen-bond acceptors (Lipinski definition) is 5. The quantitative estimate of drug-likeness (QED) is 0.711. The molecule has 3 aromatic rings. The highest BCUT2D eigenvalue weighted by Gasteiger charge is 2.24. The number of carbonyl (C=O) groups is 1. The average molecular weight is 379 g/mol. The molecule has 146 valence electrons. The Morgan fingerprint density at radius 1 is 1.18 bits per heavy atom. The first-order chi connectivity index (χ1) is 13.6. The predicted molar refractivity (Wildman–Crippen MR) is 109 cm³/mol. The highest BCUT2D eigenvalue weighted by molar-refractivity contribution is 5.95. The molecule has 2 aromatic heterocycles. The van der Waals surface area contributed by atoms with E-state index in [9.17, 15) is 4.79 Å². The van der Waals surface area contributed by atoms with Crippen molar-refractivity contribution >= 4 is 22.5 Å².